The number of benzene rings is 2. The van der Waals surface area contributed by atoms with E-state index in [-0.39, 0.29) is 16.6 Å². The monoisotopic (exact) mass is 377 g/mol. The van der Waals surface area contributed by atoms with Crippen LogP contribution in [0.1, 0.15) is 11.6 Å². The molecule has 9 heteroatoms. The maximum absolute atomic E-state index is 13.1. The lowest BCUT2D eigenvalue weighted by Gasteiger charge is -2.35. The molecule has 0 aliphatic carbocycles. The zero-order valence-corrected chi connectivity index (χ0v) is 15.0. The van der Waals surface area contributed by atoms with Gasteiger partial charge in [0.2, 0.25) is 10.0 Å². The largest absolute Gasteiger partial charge is 0.497 e. The van der Waals surface area contributed by atoms with Crippen molar-refractivity contribution < 1.29 is 18.1 Å². The highest BCUT2D eigenvalue weighted by atomic mass is 32.2. The van der Waals surface area contributed by atoms with Crippen LogP contribution in [-0.2, 0) is 10.0 Å². The van der Waals surface area contributed by atoms with E-state index >= 15 is 0 Å². The SMILES string of the molecule is COc1cccc(C2CNCCN2S(=O)(=O)c2ccc([N+](=O)[O-])cc2)c1. The lowest BCUT2D eigenvalue weighted by Crippen LogP contribution is -2.48. The standard InChI is InChI=1S/C17H19N3O5S/c1-25-15-4-2-3-13(11-15)17-12-18-9-10-19(17)26(23,24)16-7-5-14(6-8-16)20(21)22/h2-8,11,17-18H,9-10,12H2,1H3. The Morgan fingerprint density at radius 2 is 1.96 bits per heavy atom. The van der Waals surface area contributed by atoms with Gasteiger partial charge in [0.05, 0.1) is 23.0 Å². The van der Waals surface area contributed by atoms with Gasteiger partial charge in [-0.05, 0) is 29.8 Å². The molecular weight excluding hydrogens is 358 g/mol. The van der Waals surface area contributed by atoms with Gasteiger partial charge in [0.15, 0.2) is 0 Å². The van der Waals surface area contributed by atoms with E-state index in [9.17, 15) is 18.5 Å². The second-order valence-corrected chi connectivity index (χ2v) is 7.75. The summed E-state index contributed by atoms with van der Waals surface area (Å²) in [5.41, 5.74) is 0.677. The Kier molecular flexibility index (Phi) is 5.21. The lowest BCUT2D eigenvalue weighted by atomic mass is 10.1. The minimum atomic E-state index is -3.79. The Labute approximate surface area is 151 Å². The van der Waals surface area contributed by atoms with E-state index in [1.165, 1.54) is 28.6 Å². The molecule has 1 aliphatic heterocycles. The number of non-ortho nitro benzene ring substituents is 1. The molecule has 1 unspecified atom stereocenters. The number of nitro groups is 1. The second-order valence-electron chi connectivity index (χ2n) is 5.86. The fraction of sp³-hybridized carbons (Fsp3) is 0.294. The van der Waals surface area contributed by atoms with Crippen molar-refractivity contribution in [3.63, 3.8) is 0 Å². The summed E-state index contributed by atoms with van der Waals surface area (Å²) >= 11 is 0. The van der Waals surface area contributed by atoms with Crippen molar-refractivity contribution in [3.8, 4) is 5.75 Å². The number of ether oxygens (including phenoxy) is 1. The summed E-state index contributed by atoms with van der Waals surface area (Å²) in [6, 6.07) is 11.9. The summed E-state index contributed by atoms with van der Waals surface area (Å²) in [5.74, 6) is 0.653. The zero-order chi connectivity index (χ0) is 18.7. The third kappa shape index (κ3) is 3.55. The Morgan fingerprint density at radius 1 is 1.23 bits per heavy atom. The number of hydrogen-bond donors (Lipinski definition) is 1. The summed E-state index contributed by atoms with van der Waals surface area (Å²) in [6.07, 6.45) is 0. The van der Waals surface area contributed by atoms with Crippen LogP contribution in [0.25, 0.3) is 0 Å². The molecule has 1 fully saturated rings. The van der Waals surface area contributed by atoms with E-state index in [1.54, 1.807) is 13.2 Å². The first kappa shape index (κ1) is 18.3. The number of rotatable bonds is 5. The summed E-state index contributed by atoms with van der Waals surface area (Å²) in [4.78, 5) is 10.3. The molecule has 1 atom stereocenters. The fourth-order valence-electron chi connectivity index (χ4n) is 2.98. The topological polar surface area (TPSA) is 102 Å². The van der Waals surface area contributed by atoms with Crippen LogP contribution in [0.5, 0.6) is 5.75 Å². The number of piperazine rings is 1. The van der Waals surface area contributed by atoms with Crippen molar-refractivity contribution >= 4 is 15.7 Å². The minimum Gasteiger partial charge on any atom is -0.497 e. The molecule has 0 aromatic heterocycles. The highest BCUT2D eigenvalue weighted by Crippen LogP contribution is 2.31. The molecule has 0 amide bonds. The summed E-state index contributed by atoms with van der Waals surface area (Å²) < 4.78 is 32.9. The van der Waals surface area contributed by atoms with Crippen LogP contribution in [0.4, 0.5) is 5.69 Å². The molecule has 1 heterocycles. The van der Waals surface area contributed by atoms with Crippen LogP contribution in [0, 0.1) is 10.1 Å². The molecule has 0 bridgehead atoms. The molecular formula is C17H19N3O5S. The predicted octanol–water partition coefficient (Wildman–Crippen LogP) is 1.94. The van der Waals surface area contributed by atoms with E-state index in [2.05, 4.69) is 5.32 Å². The van der Waals surface area contributed by atoms with E-state index in [1.807, 2.05) is 18.2 Å². The smallest absolute Gasteiger partial charge is 0.269 e. The van der Waals surface area contributed by atoms with Gasteiger partial charge in [0, 0.05) is 31.8 Å². The molecule has 1 aliphatic rings. The van der Waals surface area contributed by atoms with E-state index < -0.39 is 14.9 Å². The van der Waals surface area contributed by atoms with E-state index in [0.29, 0.717) is 25.4 Å². The van der Waals surface area contributed by atoms with Crippen molar-refractivity contribution in [3.05, 3.63) is 64.2 Å². The molecule has 2 aromatic rings. The number of sulfonamides is 1. The second kappa shape index (κ2) is 7.40. The van der Waals surface area contributed by atoms with Crippen LogP contribution in [0.2, 0.25) is 0 Å². The van der Waals surface area contributed by atoms with Gasteiger partial charge in [-0.2, -0.15) is 4.31 Å². The molecule has 2 aromatic carbocycles. The lowest BCUT2D eigenvalue weighted by molar-refractivity contribution is -0.384. The maximum atomic E-state index is 13.1. The number of methoxy groups -OCH3 is 1. The van der Waals surface area contributed by atoms with Crippen molar-refractivity contribution in [1.82, 2.24) is 9.62 Å². The van der Waals surface area contributed by atoms with E-state index in [4.69, 9.17) is 4.74 Å². The average molecular weight is 377 g/mol. The van der Waals surface area contributed by atoms with Crippen molar-refractivity contribution in [2.75, 3.05) is 26.7 Å². The third-order valence-electron chi connectivity index (χ3n) is 4.33. The summed E-state index contributed by atoms with van der Waals surface area (Å²) in [5, 5.41) is 14.0. The average Bonchev–Trinajstić information content (AvgIpc) is 2.68. The van der Waals surface area contributed by atoms with Crippen LogP contribution in [0.3, 0.4) is 0 Å². The van der Waals surface area contributed by atoms with Crippen LogP contribution >= 0.6 is 0 Å². The number of nitrogens with one attached hydrogen (secondary N) is 1. The molecule has 138 valence electrons. The summed E-state index contributed by atoms with van der Waals surface area (Å²) in [7, 11) is -2.23. The Hall–Kier alpha value is -2.49. The highest BCUT2D eigenvalue weighted by Gasteiger charge is 2.34. The highest BCUT2D eigenvalue weighted by molar-refractivity contribution is 7.89. The van der Waals surface area contributed by atoms with Crippen LogP contribution in [0.15, 0.2) is 53.4 Å². The first-order valence-electron chi connectivity index (χ1n) is 8.04. The van der Waals surface area contributed by atoms with Crippen LogP contribution < -0.4 is 10.1 Å². The van der Waals surface area contributed by atoms with E-state index in [0.717, 1.165) is 5.56 Å². The van der Waals surface area contributed by atoms with Crippen molar-refractivity contribution in [2.45, 2.75) is 10.9 Å². The maximum Gasteiger partial charge on any atom is 0.269 e. The van der Waals surface area contributed by atoms with Gasteiger partial charge in [-0.15, -0.1) is 0 Å². The number of nitrogens with zero attached hydrogens (tertiary/aromatic N) is 2. The van der Waals surface area contributed by atoms with Crippen LogP contribution in [-0.4, -0.2) is 44.4 Å². The fourth-order valence-corrected chi connectivity index (χ4v) is 4.60. The van der Waals surface area contributed by atoms with Crippen molar-refractivity contribution in [2.24, 2.45) is 0 Å². The van der Waals surface area contributed by atoms with Gasteiger partial charge in [-0.3, -0.25) is 10.1 Å². The Morgan fingerprint density at radius 3 is 2.62 bits per heavy atom. The molecule has 1 saturated heterocycles. The van der Waals surface area contributed by atoms with Gasteiger partial charge in [-0.1, -0.05) is 12.1 Å². The van der Waals surface area contributed by atoms with Gasteiger partial charge in [0.1, 0.15) is 5.75 Å². The quantitative estimate of drug-likeness (QED) is 0.631. The first-order valence-corrected chi connectivity index (χ1v) is 9.48. The molecule has 1 N–H and O–H groups in total. The molecule has 0 saturated carbocycles. The predicted molar refractivity (Wildman–Crippen MR) is 95.6 cm³/mol. The molecule has 0 spiro atoms. The van der Waals surface area contributed by atoms with Gasteiger partial charge >= 0.3 is 0 Å². The third-order valence-corrected chi connectivity index (χ3v) is 6.25. The molecule has 3 rings (SSSR count). The first-order chi connectivity index (χ1) is 12.4. The molecule has 8 nitrogen and oxygen atoms in total. The summed E-state index contributed by atoms with van der Waals surface area (Å²) in [6.45, 7) is 1.31. The molecule has 0 radical (unpaired) electrons. The van der Waals surface area contributed by atoms with Gasteiger partial charge in [0.25, 0.3) is 5.69 Å². The normalized spacial score (nSPS) is 18.4. The Balaban J connectivity index is 1.96. The molecule has 26 heavy (non-hydrogen) atoms. The zero-order valence-electron chi connectivity index (χ0n) is 14.2. The Bertz CT molecular complexity index is 899. The number of nitro benzene ring substituents is 1. The number of hydrogen-bond acceptors (Lipinski definition) is 6. The van der Waals surface area contributed by atoms with Gasteiger partial charge in [-0.25, -0.2) is 8.42 Å². The van der Waals surface area contributed by atoms with Gasteiger partial charge < -0.3 is 10.1 Å². The van der Waals surface area contributed by atoms with Crippen molar-refractivity contribution in [1.29, 1.82) is 0 Å². The minimum absolute atomic E-state index is 0.0397.